The Kier molecular flexibility index (Phi) is 10.8. The number of terminal acetylenes is 1. The van der Waals surface area contributed by atoms with Crippen molar-refractivity contribution in [1.82, 2.24) is 10.2 Å². The number of nitrogens with two attached hydrogens (primary N) is 1. The van der Waals surface area contributed by atoms with Crippen molar-refractivity contribution in [3.8, 4) is 12.3 Å². The Labute approximate surface area is 259 Å². The minimum Gasteiger partial charge on any atom is -0.444 e. The van der Waals surface area contributed by atoms with Gasteiger partial charge in [0.2, 0.25) is 11.8 Å². The summed E-state index contributed by atoms with van der Waals surface area (Å²) in [7, 11) is 0. The molecule has 0 aliphatic carbocycles. The van der Waals surface area contributed by atoms with Crippen LogP contribution in [0.2, 0.25) is 0 Å². The fourth-order valence-corrected chi connectivity index (χ4v) is 4.76. The molecule has 0 radical (unpaired) electrons. The van der Waals surface area contributed by atoms with Gasteiger partial charge in [0.05, 0.1) is 0 Å². The number of ether oxygens (including phenoxy) is 1. The Hall–Kier alpha value is -4.84. The molecule has 0 aromatic heterocycles. The van der Waals surface area contributed by atoms with Crippen molar-refractivity contribution in [3.05, 3.63) is 77.9 Å². The number of hydrogen-bond acceptors (Lipinski definition) is 5. The van der Waals surface area contributed by atoms with Crippen LogP contribution in [0.25, 0.3) is 10.8 Å². The lowest BCUT2D eigenvalue weighted by Gasteiger charge is -2.44. The van der Waals surface area contributed by atoms with Crippen molar-refractivity contribution >= 4 is 40.3 Å². The number of nitrogens with one attached hydrogen (secondary N) is 2. The normalized spacial score (nSPS) is 12.8. The topological polar surface area (TPSA) is 131 Å². The monoisotopic (exact) mass is 598 g/mol. The fourth-order valence-electron chi connectivity index (χ4n) is 4.76. The SMILES string of the molecule is C#Cc1ccc(C(C(=O)Nc2ccc3ccccc3c2)N(C(=O)C(CCC(N)=O)NC(=O)OC(C)(C)C)C(C)(C)CC)cc1. The molecule has 0 spiro atoms. The summed E-state index contributed by atoms with van der Waals surface area (Å²) in [6, 6.07) is 17.8. The molecule has 0 bridgehead atoms. The average molecular weight is 599 g/mol. The van der Waals surface area contributed by atoms with E-state index in [2.05, 4.69) is 16.6 Å². The predicted octanol–water partition coefficient (Wildman–Crippen LogP) is 5.68. The van der Waals surface area contributed by atoms with E-state index in [0.717, 1.165) is 10.8 Å². The number of nitrogens with zero attached hydrogens (tertiary/aromatic N) is 1. The number of amides is 4. The second-order valence-corrected chi connectivity index (χ2v) is 12.3. The minimum absolute atomic E-state index is 0.0846. The zero-order valence-corrected chi connectivity index (χ0v) is 26.3. The van der Waals surface area contributed by atoms with Crippen LogP contribution in [-0.2, 0) is 19.1 Å². The third kappa shape index (κ3) is 8.83. The Bertz CT molecular complexity index is 1550. The zero-order chi connectivity index (χ0) is 32.7. The molecule has 9 nitrogen and oxygen atoms in total. The summed E-state index contributed by atoms with van der Waals surface area (Å²) in [6.45, 7) is 10.7. The third-order valence-corrected chi connectivity index (χ3v) is 7.34. The van der Waals surface area contributed by atoms with Crippen LogP contribution < -0.4 is 16.4 Å². The Balaban J connectivity index is 2.12. The molecule has 3 rings (SSSR count). The van der Waals surface area contributed by atoms with Crippen LogP contribution in [0.1, 0.15) is 78.0 Å². The molecule has 2 unspecified atom stereocenters. The van der Waals surface area contributed by atoms with Gasteiger partial charge in [0, 0.05) is 23.2 Å². The molecule has 0 saturated carbocycles. The van der Waals surface area contributed by atoms with Crippen molar-refractivity contribution in [2.75, 3.05) is 5.32 Å². The first-order valence-electron chi connectivity index (χ1n) is 14.6. The van der Waals surface area contributed by atoms with Crippen LogP contribution in [0, 0.1) is 12.3 Å². The molecule has 4 N–H and O–H groups in total. The summed E-state index contributed by atoms with van der Waals surface area (Å²) < 4.78 is 5.41. The quantitative estimate of drug-likeness (QED) is 0.245. The highest BCUT2D eigenvalue weighted by Gasteiger charge is 2.43. The molecule has 232 valence electrons. The van der Waals surface area contributed by atoms with Gasteiger partial charge in [-0.15, -0.1) is 6.42 Å². The maximum Gasteiger partial charge on any atom is 0.408 e. The van der Waals surface area contributed by atoms with Crippen molar-refractivity contribution in [2.45, 2.75) is 84.0 Å². The first-order valence-corrected chi connectivity index (χ1v) is 14.6. The van der Waals surface area contributed by atoms with Gasteiger partial charge in [-0.25, -0.2) is 4.79 Å². The van der Waals surface area contributed by atoms with E-state index in [4.69, 9.17) is 16.9 Å². The van der Waals surface area contributed by atoms with Gasteiger partial charge < -0.3 is 26.0 Å². The van der Waals surface area contributed by atoms with E-state index in [9.17, 15) is 19.2 Å². The number of rotatable bonds is 11. The van der Waals surface area contributed by atoms with Crippen LogP contribution in [0.15, 0.2) is 66.7 Å². The second-order valence-electron chi connectivity index (χ2n) is 12.3. The van der Waals surface area contributed by atoms with Crippen LogP contribution in [-0.4, -0.2) is 45.9 Å². The third-order valence-electron chi connectivity index (χ3n) is 7.34. The van der Waals surface area contributed by atoms with Gasteiger partial charge >= 0.3 is 6.09 Å². The maximum atomic E-state index is 14.5. The van der Waals surface area contributed by atoms with E-state index in [1.165, 1.54) is 4.90 Å². The summed E-state index contributed by atoms with van der Waals surface area (Å²) in [5.41, 5.74) is 5.40. The van der Waals surface area contributed by atoms with Gasteiger partial charge in [-0.2, -0.15) is 0 Å². The number of carbonyl (C=O) groups is 4. The number of primary amides is 1. The lowest BCUT2D eigenvalue weighted by atomic mass is 9.91. The number of carbonyl (C=O) groups excluding carboxylic acids is 4. The Morgan fingerprint density at radius 3 is 2.16 bits per heavy atom. The summed E-state index contributed by atoms with van der Waals surface area (Å²) in [5.74, 6) is 0.909. The number of benzene rings is 3. The van der Waals surface area contributed by atoms with E-state index in [1.54, 1.807) is 51.1 Å². The van der Waals surface area contributed by atoms with Gasteiger partial charge in [-0.3, -0.25) is 14.4 Å². The van der Waals surface area contributed by atoms with Crippen molar-refractivity contribution in [1.29, 1.82) is 0 Å². The first-order chi connectivity index (χ1) is 20.6. The summed E-state index contributed by atoms with van der Waals surface area (Å²) in [6.07, 6.45) is 4.97. The zero-order valence-electron chi connectivity index (χ0n) is 26.3. The molecule has 44 heavy (non-hydrogen) atoms. The second kappa shape index (κ2) is 14.1. The Morgan fingerprint density at radius 1 is 0.955 bits per heavy atom. The van der Waals surface area contributed by atoms with E-state index >= 15 is 0 Å². The van der Waals surface area contributed by atoms with Crippen molar-refractivity contribution in [3.63, 3.8) is 0 Å². The molecule has 4 amide bonds. The molecule has 0 aliphatic rings. The maximum absolute atomic E-state index is 14.5. The standard InChI is InChI=1S/C35H42N4O5/c1-8-23-14-16-25(17-15-23)30(31(41)37-27-19-18-24-12-10-11-13-26(24)22-27)39(35(6,7)9-2)32(42)28(20-21-29(36)40)38-33(43)44-34(3,4)5/h1,10-19,22,28,30H,9,20-21H2,2-7H3,(H2,36,40)(H,37,41)(H,38,43). The largest absolute Gasteiger partial charge is 0.444 e. The summed E-state index contributed by atoms with van der Waals surface area (Å²) in [4.78, 5) is 54.9. The number of alkyl carbamates (subject to hydrolysis) is 1. The van der Waals surface area contributed by atoms with E-state index in [1.807, 2.05) is 57.2 Å². The minimum atomic E-state index is -1.20. The van der Waals surface area contributed by atoms with E-state index in [0.29, 0.717) is 23.2 Å². The first kappa shape index (κ1) is 33.7. The summed E-state index contributed by atoms with van der Waals surface area (Å²) >= 11 is 0. The highest BCUT2D eigenvalue weighted by molar-refractivity contribution is 6.00. The highest BCUT2D eigenvalue weighted by Crippen LogP contribution is 2.34. The highest BCUT2D eigenvalue weighted by atomic mass is 16.6. The van der Waals surface area contributed by atoms with Crippen LogP contribution in [0.3, 0.4) is 0 Å². The van der Waals surface area contributed by atoms with Crippen LogP contribution in [0.5, 0.6) is 0 Å². The molecular weight excluding hydrogens is 556 g/mol. The van der Waals surface area contributed by atoms with Gasteiger partial charge in [0.15, 0.2) is 0 Å². The van der Waals surface area contributed by atoms with E-state index < -0.39 is 47.0 Å². The van der Waals surface area contributed by atoms with Gasteiger partial charge in [0.1, 0.15) is 17.7 Å². The molecule has 0 fully saturated rings. The number of anilines is 1. The molecule has 3 aromatic rings. The molecular formula is C35H42N4O5. The van der Waals surface area contributed by atoms with Gasteiger partial charge in [-0.05, 0) is 88.1 Å². The Morgan fingerprint density at radius 2 is 1.59 bits per heavy atom. The molecule has 9 heteroatoms. The van der Waals surface area contributed by atoms with Crippen molar-refractivity contribution in [2.24, 2.45) is 5.73 Å². The number of fused-ring (bicyclic) bond motifs is 1. The summed E-state index contributed by atoms with van der Waals surface area (Å²) in [5, 5.41) is 7.57. The molecule has 0 saturated heterocycles. The predicted molar refractivity (Wildman–Crippen MR) is 172 cm³/mol. The lowest BCUT2D eigenvalue weighted by molar-refractivity contribution is -0.148. The van der Waals surface area contributed by atoms with Crippen molar-refractivity contribution < 1.29 is 23.9 Å². The number of hydrogen-bond donors (Lipinski definition) is 3. The van der Waals surface area contributed by atoms with Crippen LogP contribution in [0.4, 0.5) is 10.5 Å². The van der Waals surface area contributed by atoms with Gasteiger partial charge in [-0.1, -0.05) is 55.3 Å². The molecule has 2 atom stereocenters. The van der Waals surface area contributed by atoms with Gasteiger partial charge in [0.25, 0.3) is 5.91 Å². The molecule has 0 heterocycles. The van der Waals surface area contributed by atoms with Crippen LogP contribution >= 0.6 is 0 Å². The molecule has 3 aromatic carbocycles. The van der Waals surface area contributed by atoms with E-state index in [-0.39, 0.29) is 12.8 Å². The fraction of sp³-hybridized carbons (Fsp3) is 0.371. The lowest BCUT2D eigenvalue weighted by Crippen LogP contribution is -2.59. The average Bonchev–Trinajstić information content (AvgIpc) is 2.96. The smallest absolute Gasteiger partial charge is 0.408 e. The molecule has 0 aliphatic heterocycles.